The van der Waals surface area contributed by atoms with Crippen molar-refractivity contribution < 1.29 is 27.8 Å². The van der Waals surface area contributed by atoms with Crippen molar-refractivity contribution in [3.8, 4) is 17.2 Å². The van der Waals surface area contributed by atoms with Crippen LogP contribution in [0.1, 0.15) is 18.9 Å². The molecule has 124 valence electrons. The topological polar surface area (TPSA) is 82.8 Å². The molecule has 1 aromatic rings. The van der Waals surface area contributed by atoms with Gasteiger partial charge in [0.1, 0.15) is 5.75 Å². The number of benzene rings is 1. The third-order valence-electron chi connectivity index (χ3n) is 2.76. The molecule has 1 atom stereocenters. The monoisotopic (exact) mass is 338 g/mol. The molecule has 22 heavy (non-hydrogen) atoms. The van der Waals surface area contributed by atoms with Crippen molar-refractivity contribution >= 4 is 18.3 Å². The smallest absolute Gasteiger partial charge is 0.387 e. The molecule has 0 aromatic heterocycles. The van der Waals surface area contributed by atoms with E-state index >= 15 is 0 Å². The van der Waals surface area contributed by atoms with Crippen LogP contribution in [0.25, 0.3) is 0 Å². The first kappa shape index (κ1) is 18.2. The Kier molecular flexibility index (Phi) is 6.63. The Morgan fingerprint density at radius 3 is 2.64 bits per heavy atom. The molecular weight excluding hydrogens is 322 g/mol. The Morgan fingerprint density at radius 1 is 1.41 bits per heavy atom. The molecule has 6 nitrogen and oxygen atoms in total. The van der Waals surface area contributed by atoms with Gasteiger partial charge in [0.25, 0.3) is 0 Å². The second-order valence-electron chi connectivity index (χ2n) is 4.65. The fourth-order valence-corrected chi connectivity index (χ4v) is 1.87. The lowest BCUT2D eigenvalue weighted by Crippen LogP contribution is -2.29. The van der Waals surface area contributed by atoms with Gasteiger partial charge in [-0.1, -0.05) is 0 Å². The van der Waals surface area contributed by atoms with Crippen molar-refractivity contribution in [3.63, 3.8) is 0 Å². The number of ether oxygens (including phenoxy) is 3. The Bertz CT molecular complexity index is 529. The highest BCUT2D eigenvalue weighted by molar-refractivity contribution is 5.85. The summed E-state index contributed by atoms with van der Waals surface area (Å²) in [6.07, 6.45) is 0.148. The summed E-state index contributed by atoms with van der Waals surface area (Å²) in [6.45, 7) is -1.22. The van der Waals surface area contributed by atoms with E-state index in [4.69, 9.17) is 15.2 Å². The molecule has 2 rings (SSSR count). The van der Waals surface area contributed by atoms with Gasteiger partial charge in [-0.2, -0.15) is 8.78 Å². The molecule has 0 aliphatic carbocycles. The van der Waals surface area contributed by atoms with Crippen LogP contribution in [-0.2, 0) is 11.3 Å². The summed E-state index contributed by atoms with van der Waals surface area (Å²) < 4.78 is 39.6. The average Bonchev–Trinajstić information content (AvgIpc) is 2.81. The number of fused-ring (bicyclic) bond motifs is 1. The van der Waals surface area contributed by atoms with Gasteiger partial charge >= 0.3 is 6.61 Å². The number of hydrogen-bond donors (Lipinski definition) is 2. The Balaban J connectivity index is 0.00000242. The molecule has 0 saturated carbocycles. The molecular formula is C13H17ClF2N2O4. The summed E-state index contributed by atoms with van der Waals surface area (Å²) in [6, 6.07) is 2.55. The maximum atomic E-state index is 12.4. The first-order valence-corrected chi connectivity index (χ1v) is 6.35. The molecule has 0 spiro atoms. The van der Waals surface area contributed by atoms with Gasteiger partial charge < -0.3 is 25.3 Å². The van der Waals surface area contributed by atoms with Crippen LogP contribution in [0, 0.1) is 0 Å². The molecule has 1 unspecified atom stereocenters. The fraction of sp³-hybridized carbons (Fsp3) is 0.462. The van der Waals surface area contributed by atoms with E-state index in [1.54, 1.807) is 6.92 Å². The van der Waals surface area contributed by atoms with Crippen LogP contribution in [0.15, 0.2) is 12.1 Å². The largest absolute Gasteiger partial charge is 0.454 e. The number of rotatable bonds is 6. The Hall–Kier alpha value is -1.80. The maximum Gasteiger partial charge on any atom is 0.387 e. The third kappa shape index (κ3) is 4.88. The number of carbonyl (C=O) groups excluding carboxylic acids is 1. The van der Waals surface area contributed by atoms with E-state index in [-0.39, 0.29) is 49.9 Å². The minimum absolute atomic E-state index is 0. The van der Waals surface area contributed by atoms with E-state index < -0.39 is 6.61 Å². The number of alkyl halides is 2. The van der Waals surface area contributed by atoms with Crippen LogP contribution < -0.4 is 25.3 Å². The molecule has 1 amide bonds. The van der Waals surface area contributed by atoms with Gasteiger partial charge in [-0.05, 0) is 13.0 Å². The first-order chi connectivity index (χ1) is 9.95. The van der Waals surface area contributed by atoms with Crippen LogP contribution in [0.3, 0.4) is 0 Å². The molecule has 1 aromatic carbocycles. The van der Waals surface area contributed by atoms with Gasteiger partial charge in [0.2, 0.25) is 12.7 Å². The lowest BCUT2D eigenvalue weighted by atomic mass is 10.1. The van der Waals surface area contributed by atoms with Crippen LogP contribution in [-0.4, -0.2) is 25.4 Å². The van der Waals surface area contributed by atoms with Crippen molar-refractivity contribution in [2.24, 2.45) is 5.73 Å². The molecule has 9 heteroatoms. The molecule has 3 N–H and O–H groups in total. The normalized spacial score (nSPS) is 13.5. The quantitative estimate of drug-likeness (QED) is 0.826. The van der Waals surface area contributed by atoms with Crippen molar-refractivity contribution in [1.29, 1.82) is 0 Å². The molecule has 0 saturated heterocycles. The Morgan fingerprint density at radius 2 is 2.05 bits per heavy atom. The molecule has 0 fully saturated rings. The fourth-order valence-electron chi connectivity index (χ4n) is 1.87. The van der Waals surface area contributed by atoms with Crippen LogP contribution in [0.2, 0.25) is 0 Å². The van der Waals surface area contributed by atoms with E-state index in [0.717, 1.165) is 0 Å². The summed E-state index contributed by atoms with van der Waals surface area (Å²) in [5.41, 5.74) is 5.88. The van der Waals surface area contributed by atoms with E-state index in [1.807, 2.05) is 0 Å². The second kappa shape index (κ2) is 8.00. The zero-order valence-electron chi connectivity index (χ0n) is 11.8. The van der Waals surface area contributed by atoms with Crippen LogP contribution in [0.5, 0.6) is 17.2 Å². The summed E-state index contributed by atoms with van der Waals surface area (Å²) in [5, 5.41) is 2.59. The van der Waals surface area contributed by atoms with E-state index in [9.17, 15) is 13.6 Å². The van der Waals surface area contributed by atoms with Gasteiger partial charge in [0.05, 0.1) is 0 Å². The number of halogens is 3. The van der Waals surface area contributed by atoms with Gasteiger partial charge in [-0.15, -0.1) is 12.4 Å². The number of amides is 1. The van der Waals surface area contributed by atoms with Crippen LogP contribution >= 0.6 is 12.4 Å². The van der Waals surface area contributed by atoms with Gasteiger partial charge in [0.15, 0.2) is 11.5 Å². The zero-order chi connectivity index (χ0) is 15.4. The number of nitrogens with two attached hydrogens (primary N) is 1. The lowest BCUT2D eigenvalue weighted by Gasteiger charge is -2.13. The maximum absolute atomic E-state index is 12.4. The molecule has 0 bridgehead atoms. The number of carbonyl (C=O) groups is 1. The third-order valence-corrected chi connectivity index (χ3v) is 2.76. The minimum atomic E-state index is -2.97. The molecule has 0 radical (unpaired) electrons. The first-order valence-electron chi connectivity index (χ1n) is 6.35. The summed E-state index contributed by atoms with van der Waals surface area (Å²) in [7, 11) is 0. The highest BCUT2D eigenvalue weighted by Gasteiger charge is 2.20. The highest BCUT2D eigenvalue weighted by atomic mass is 35.5. The van der Waals surface area contributed by atoms with Crippen molar-refractivity contribution in [2.45, 2.75) is 32.5 Å². The number of nitrogens with one attached hydrogen (secondary N) is 1. The average molecular weight is 339 g/mol. The summed E-state index contributed by atoms with van der Waals surface area (Å²) in [4.78, 5) is 11.6. The predicted molar refractivity (Wildman–Crippen MR) is 76.6 cm³/mol. The Labute approximate surface area is 132 Å². The van der Waals surface area contributed by atoms with E-state index in [1.165, 1.54) is 12.1 Å². The van der Waals surface area contributed by atoms with Gasteiger partial charge in [-0.25, -0.2) is 0 Å². The van der Waals surface area contributed by atoms with Gasteiger partial charge in [0, 0.05) is 30.6 Å². The summed E-state index contributed by atoms with van der Waals surface area (Å²) in [5.74, 6) is 0.422. The standard InChI is InChI=1S/C13H16F2N2O4.ClH/c1-7(16)2-12(18)17-5-8-3-10-11(20-6-19-10)4-9(8)21-13(14)15;/h3-4,7,13H,2,5-6,16H2,1H3,(H,17,18);1H. The zero-order valence-corrected chi connectivity index (χ0v) is 12.6. The summed E-state index contributed by atoms with van der Waals surface area (Å²) >= 11 is 0. The van der Waals surface area contributed by atoms with E-state index in [0.29, 0.717) is 17.1 Å². The highest BCUT2D eigenvalue weighted by Crippen LogP contribution is 2.38. The van der Waals surface area contributed by atoms with Crippen molar-refractivity contribution in [3.05, 3.63) is 17.7 Å². The van der Waals surface area contributed by atoms with Crippen molar-refractivity contribution in [1.82, 2.24) is 5.32 Å². The van der Waals surface area contributed by atoms with E-state index in [2.05, 4.69) is 10.1 Å². The molecule has 1 aliphatic heterocycles. The van der Waals surface area contributed by atoms with Crippen LogP contribution in [0.4, 0.5) is 8.78 Å². The number of hydrogen-bond acceptors (Lipinski definition) is 5. The molecule has 1 aliphatic rings. The van der Waals surface area contributed by atoms with Gasteiger partial charge in [-0.3, -0.25) is 4.79 Å². The second-order valence-corrected chi connectivity index (χ2v) is 4.65. The minimum Gasteiger partial charge on any atom is -0.454 e. The molecule has 1 heterocycles. The SMILES string of the molecule is CC(N)CC(=O)NCc1cc2c(cc1OC(F)F)OCO2.Cl. The lowest BCUT2D eigenvalue weighted by molar-refractivity contribution is -0.121. The van der Waals surface area contributed by atoms with Crippen molar-refractivity contribution in [2.75, 3.05) is 6.79 Å². The predicted octanol–water partition coefficient (Wildman–Crippen LogP) is 1.79.